The summed E-state index contributed by atoms with van der Waals surface area (Å²) in [6.45, 7) is 0.430. The minimum Gasteiger partial charge on any atom is -0.406 e. The predicted octanol–water partition coefficient (Wildman–Crippen LogP) is 1.99. The monoisotopic (exact) mass is 342 g/mol. The van der Waals surface area contributed by atoms with Gasteiger partial charge in [0, 0.05) is 20.2 Å². The number of ether oxygens (including phenoxy) is 2. The van der Waals surface area contributed by atoms with Gasteiger partial charge in [0.25, 0.3) is 0 Å². The largest absolute Gasteiger partial charge is 0.573 e. The normalized spacial score (nSPS) is 12.2. The number of hydrogen-bond donors (Lipinski definition) is 2. The average Bonchev–Trinajstić information content (AvgIpc) is 2.42. The number of methoxy groups -OCH3 is 1. The highest BCUT2D eigenvalue weighted by atomic mass is 35.5. The first-order valence-electron chi connectivity index (χ1n) is 6.18. The van der Waals surface area contributed by atoms with Crippen LogP contribution in [0.4, 0.5) is 13.2 Å². The Balaban J connectivity index is 0.00000441. The number of amides is 1. The zero-order valence-corrected chi connectivity index (χ0v) is 12.7. The highest BCUT2D eigenvalue weighted by Gasteiger charge is 2.30. The fourth-order valence-corrected chi connectivity index (χ4v) is 1.55. The van der Waals surface area contributed by atoms with Crippen LogP contribution in [0.2, 0.25) is 0 Å². The third-order valence-corrected chi connectivity index (χ3v) is 2.66. The first kappa shape index (κ1) is 20.5. The lowest BCUT2D eigenvalue weighted by Crippen LogP contribution is -2.31. The molecule has 0 saturated carbocycles. The van der Waals surface area contributed by atoms with Gasteiger partial charge in [-0.25, -0.2) is 0 Å². The van der Waals surface area contributed by atoms with Gasteiger partial charge in [0.1, 0.15) is 5.75 Å². The summed E-state index contributed by atoms with van der Waals surface area (Å²) in [4.78, 5) is 11.6. The lowest BCUT2D eigenvalue weighted by atomic mass is 10.2. The first-order chi connectivity index (χ1) is 9.84. The Labute approximate surface area is 132 Å². The number of alkyl halides is 3. The van der Waals surface area contributed by atoms with Gasteiger partial charge in [-0.3, -0.25) is 4.79 Å². The molecule has 0 radical (unpaired) electrons. The summed E-state index contributed by atoms with van der Waals surface area (Å²) in [5, 5.41) is 2.63. The quantitative estimate of drug-likeness (QED) is 0.794. The SMILES string of the molecule is COC(CN)CC(=O)NCc1ccc(OC(F)(F)F)cc1.Cl. The van der Waals surface area contributed by atoms with Crippen molar-refractivity contribution in [3.63, 3.8) is 0 Å². The number of carbonyl (C=O) groups is 1. The molecule has 9 heteroatoms. The number of benzene rings is 1. The van der Waals surface area contributed by atoms with E-state index in [1.54, 1.807) is 0 Å². The van der Waals surface area contributed by atoms with Crippen LogP contribution in [0.5, 0.6) is 5.75 Å². The van der Waals surface area contributed by atoms with Crippen molar-refractivity contribution in [3.8, 4) is 5.75 Å². The van der Waals surface area contributed by atoms with Crippen LogP contribution in [0.3, 0.4) is 0 Å². The van der Waals surface area contributed by atoms with Crippen LogP contribution in [0.15, 0.2) is 24.3 Å². The summed E-state index contributed by atoms with van der Waals surface area (Å²) in [6, 6.07) is 5.26. The minimum atomic E-state index is -4.72. The Morgan fingerprint density at radius 3 is 2.36 bits per heavy atom. The van der Waals surface area contributed by atoms with E-state index in [0.29, 0.717) is 5.56 Å². The van der Waals surface area contributed by atoms with E-state index < -0.39 is 6.36 Å². The number of nitrogens with one attached hydrogen (secondary N) is 1. The predicted molar refractivity (Wildman–Crippen MR) is 76.7 cm³/mol. The number of nitrogens with two attached hydrogens (primary N) is 1. The molecule has 0 spiro atoms. The van der Waals surface area contributed by atoms with E-state index in [4.69, 9.17) is 10.5 Å². The average molecular weight is 343 g/mol. The molecule has 0 heterocycles. The second kappa shape index (κ2) is 9.50. The fraction of sp³-hybridized carbons (Fsp3) is 0.462. The second-order valence-electron chi connectivity index (χ2n) is 4.27. The summed E-state index contributed by atoms with van der Waals surface area (Å²) >= 11 is 0. The highest BCUT2D eigenvalue weighted by molar-refractivity contribution is 5.85. The molecule has 0 fully saturated rings. The van der Waals surface area contributed by atoms with Crippen LogP contribution in [0.25, 0.3) is 0 Å². The topological polar surface area (TPSA) is 73.6 Å². The number of rotatable bonds is 7. The van der Waals surface area contributed by atoms with Gasteiger partial charge in [0.15, 0.2) is 0 Å². The van der Waals surface area contributed by atoms with Gasteiger partial charge in [-0.2, -0.15) is 0 Å². The molecular formula is C13H18ClF3N2O3. The van der Waals surface area contributed by atoms with E-state index >= 15 is 0 Å². The van der Waals surface area contributed by atoms with Crippen molar-refractivity contribution >= 4 is 18.3 Å². The van der Waals surface area contributed by atoms with Crippen molar-refractivity contribution in [1.29, 1.82) is 0 Å². The first-order valence-corrected chi connectivity index (χ1v) is 6.18. The molecule has 0 aliphatic heterocycles. The fourth-order valence-electron chi connectivity index (χ4n) is 1.55. The lowest BCUT2D eigenvalue weighted by molar-refractivity contribution is -0.274. The van der Waals surface area contributed by atoms with Gasteiger partial charge in [0.05, 0.1) is 12.5 Å². The molecule has 1 unspecified atom stereocenters. The summed E-state index contributed by atoms with van der Waals surface area (Å²) < 4.78 is 44.7. The number of halogens is 4. The Morgan fingerprint density at radius 2 is 1.91 bits per heavy atom. The van der Waals surface area contributed by atoms with Crippen LogP contribution in [0.1, 0.15) is 12.0 Å². The molecule has 22 heavy (non-hydrogen) atoms. The molecule has 0 aromatic heterocycles. The van der Waals surface area contributed by atoms with E-state index in [0.717, 1.165) is 0 Å². The summed E-state index contributed by atoms with van der Waals surface area (Å²) in [5.74, 6) is -0.553. The smallest absolute Gasteiger partial charge is 0.406 e. The maximum atomic E-state index is 12.0. The van der Waals surface area contributed by atoms with Gasteiger partial charge < -0.3 is 20.5 Å². The van der Waals surface area contributed by atoms with Crippen LogP contribution in [-0.2, 0) is 16.1 Å². The third kappa shape index (κ3) is 8.06. The van der Waals surface area contributed by atoms with Gasteiger partial charge in [-0.15, -0.1) is 25.6 Å². The van der Waals surface area contributed by atoms with E-state index in [9.17, 15) is 18.0 Å². The molecule has 1 rings (SSSR count). The molecule has 1 atom stereocenters. The van der Waals surface area contributed by atoms with Gasteiger partial charge in [-0.05, 0) is 17.7 Å². The number of hydrogen-bond acceptors (Lipinski definition) is 4. The maximum Gasteiger partial charge on any atom is 0.573 e. The molecule has 126 valence electrons. The van der Waals surface area contributed by atoms with Gasteiger partial charge in [0.2, 0.25) is 5.91 Å². The lowest BCUT2D eigenvalue weighted by Gasteiger charge is -2.13. The molecule has 0 bridgehead atoms. The molecule has 5 nitrogen and oxygen atoms in total. The zero-order chi connectivity index (χ0) is 15.9. The van der Waals surface area contributed by atoms with E-state index in [1.807, 2.05) is 0 Å². The molecule has 1 amide bonds. The van der Waals surface area contributed by atoms with Crippen LogP contribution < -0.4 is 15.8 Å². The molecule has 3 N–H and O–H groups in total. The Hall–Kier alpha value is -1.51. The standard InChI is InChI=1S/C13H17F3N2O3.ClH/c1-20-11(7-17)6-12(19)18-8-9-2-4-10(5-3-9)21-13(14,15)16;/h2-5,11H,6-8,17H2,1H3,(H,18,19);1H. The number of carbonyl (C=O) groups excluding carboxylic acids is 1. The Bertz CT molecular complexity index is 451. The maximum absolute atomic E-state index is 12.0. The molecule has 0 aliphatic carbocycles. The van der Waals surface area contributed by atoms with Gasteiger partial charge >= 0.3 is 6.36 Å². The van der Waals surface area contributed by atoms with Crippen LogP contribution in [0, 0.1) is 0 Å². The second-order valence-corrected chi connectivity index (χ2v) is 4.27. The summed E-state index contributed by atoms with van der Waals surface area (Å²) in [5.41, 5.74) is 6.05. The van der Waals surface area contributed by atoms with Crippen molar-refractivity contribution < 1.29 is 27.4 Å². The van der Waals surface area contributed by atoms with Crippen LogP contribution in [-0.4, -0.2) is 32.0 Å². The molecule has 0 aliphatic rings. The van der Waals surface area contributed by atoms with Crippen molar-refractivity contribution in [2.45, 2.75) is 25.4 Å². The van der Waals surface area contributed by atoms with E-state index in [1.165, 1.54) is 31.4 Å². The van der Waals surface area contributed by atoms with Crippen molar-refractivity contribution in [1.82, 2.24) is 5.32 Å². The molecule has 1 aromatic carbocycles. The van der Waals surface area contributed by atoms with E-state index in [2.05, 4.69) is 10.1 Å². The highest BCUT2D eigenvalue weighted by Crippen LogP contribution is 2.22. The van der Waals surface area contributed by atoms with Crippen LogP contribution >= 0.6 is 12.4 Å². The summed E-state index contributed by atoms with van der Waals surface area (Å²) in [6.07, 6.45) is -4.94. The van der Waals surface area contributed by atoms with E-state index in [-0.39, 0.29) is 49.7 Å². The zero-order valence-electron chi connectivity index (χ0n) is 11.9. The minimum absolute atomic E-state index is 0. The molecule has 1 aromatic rings. The van der Waals surface area contributed by atoms with Crippen molar-refractivity contribution in [3.05, 3.63) is 29.8 Å². The summed E-state index contributed by atoms with van der Waals surface area (Å²) in [7, 11) is 1.46. The third-order valence-electron chi connectivity index (χ3n) is 2.66. The molecule has 0 saturated heterocycles. The van der Waals surface area contributed by atoms with Crippen molar-refractivity contribution in [2.75, 3.05) is 13.7 Å². The Kier molecular flexibility index (Phi) is 8.84. The van der Waals surface area contributed by atoms with Gasteiger partial charge in [-0.1, -0.05) is 12.1 Å². The molecular weight excluding hydrogens is 325 g/mol. The Morgan fingerprint density at radius 1 is 1.32 bits per heavy atom. The van der Waals surface area contributed by atoms with Crippen molar-refractivity contribution in [2.24, 2.45) is 5.73 Å².